The molecule has 0 aliphatic carbocycles. The summed E-state index contributed by atoms with van der Waals surface area (Å²) in [5.74, 6) is 0. The molecule has 1 aliphatic rings. The molecule has 0 amide bonds. The van der Waals surface area contributed by atoms with Crippen molar-refractivity contribution in [1.29, 1.82) is 0 Å². The van der Waals surface area contributed by atoms with Gasteiger partial charge in [-0.25, -0.2) is 0 Å². The molecule has 0 saturated carbocycles. The highest BCUT2D eigenvalue weighted by Gasteiger charge is 2.16. The second kappa shape index (κ2) is 9.52. The van der Waals surface area contributed by atoms with Crippen LogP contribution in [0.15, 0.2) is 79.1 Å². The Morgan fingerprint density at radius 1 is 0.679 bits per heavy atom. The van der Waals surface area contributed by atoms with E-state index in [4.69, 9.17) is 0 Å². The minimum absolute atomic E-state index is 1.14. The van der Waals surface area contributed by atoms with Gasteiger partial charge >= 0.3 is 0 Å². The molecule has 0 spiro atoms. The van der Waals surface area contributed by atoms with Gasteiger partial charge in [0.1, 0.15) is 0 Å². The van der Waals surface area contributed by atoms with Crippen LogP contribution in [0.1, 0.15) is 18.4 Å². The summed E-state index contributed by atoms with van der Waals surface area (Å²) in [5, 5.41) is 0. The maximum atomic E-state index is 4.09. The number of rotatable bonds is 7. The highest BCUT2D eigenvalue weighted by atomic mass is 15.3. The zero-order chi connectivity index (χ0) is 19.0. The second-order valence-corrected chi connectivity index (χ2v) is 7.55. The molecule has 144 valence electrons. The van der Waals surface area contributed by atoms with E-state index in [2.05, 4.69) is 81.5 Å². The lowest BCUT2D eigenvalue weighted by Crippen LogP contribution is -2.46. The van der Waals surface area contributed by atoms with E-state index < -0.39 is 0 Å². The van der Waals surface area contributed by atoms with E-state index in [9.17, 15) is 0 Å². The van der Waals surface area contributed by atoms with Crippen LogP contribution in [0.5, 0.6) is 0 Å². The summed E-state index contributed by atoms with van der Waals surface area (Å²) < 4.78 is 0. The van der Waals surface area contributed by atoms with Gasteiger partial charge in [-0.1, -0.05) is 42.5 Å². The average Bonchev–Trinajstić information content (AvgIpc) is 2.79. The van der Waals surface area contributed by atoms with E-state index in [0.717, 1.165) is 13.1 Å². The standard InChI is InChI=1S/C25H29N3/c1-2-7-25(8-3-1)28-20-18-27(19-21-28)17-5-4-6-22-9-11-23(12-10-22)24-13-15-26-16-14-24/h1-3,7-16H,4-6,17-21H2. The fraction of sp³-hybridized carbons (Fsp3) is 0.320. The summed E-state index contributed by atoms with van der Waals surface area (Å²) in [4.78, 5) is 9.21. The molecule has 4 rings (SSSR count). The number of benzene rings is 2. The molecular formula is C25H29N3. The predicted molar refractivity (Wildman–Crippen MR) is 118 cm³/mol. The van der Waals surface area contributed by atoms with Crippen molar-refractivity contribution in [3.05, 3.63) is 84.7 Å². The number of hydrogen-bond donors (Lipinski definition) is 0. The van der Waals surface area contributed by atoms with Gasteiger partial charge in [0.25, 0.3) is 0 Å². The molecule has 1 aliphatic heterocycles. The van der Waals surface area contributed by atoms with Gasteiger partial charge in [-0.15, -0.1) is 0 Å². The quantitative estimate of drug-likeness (QED) is 0.551. The van der Waals surface area contributed by atoms with Crippen LogP contribution in [0, 0.1) is 0 Å². The Morgan fingerprint density at radius 2 is 1.36 bits per heavy atom. The Bertz CT molecular complexity index is 823. The van der Waals surface area contributed by atoms with Gasteiger partial charge in [-0.3, -0.25) is 9.88 Å². The van der Waals surface area contributed by atoms with Crippen LogP contribution in [0.3, 0.4) is 0 Å². The Kier molecular flexibility index (Phi) is 6.36. The smallest absolute Gasteiger partial charge is 0.0367 e. The van der Waals surface area contributed by atoms with Crippen molar-refractivity contribution in [2.24, 2.45) is 0 Å². The lowest BCUT2D eigenvalue weighted by Gasteiger charge is -2.36. The summed E-state index contributed by atoms with van der Waals surface area (Å²) in [7, 11) is 0. The van der Waals surface area contributed by atoms with Gasteiger partial charge in [-0.05, 0) is 66.8 Å². The first kappa shape index (κ1) is 18.7. The molecule has 0 atom stereocenters. The number of anilines is 1. The molecule has 2 aromatic carbocycles. The molecule has 0 N–H and O–H groups in total. The number of hydrogen-bond acceptors (Lipinski definition) is 3. The first-order chi connectivity index (χ1) is 13.9. The van der Waals surface area contributed by atoms with Crippen molar-refractivity contribution in [3.8, 4) is 11.1 Å². The number of pyridine rings is 1. The van der Waals surface area contributed by atoms with E-state index in [0.29, 0.717) is 0 Å². The Labute approximate surface area is 168 Å². The minimum Gasteiger partial charge on any atom is -0.369 e. The normalized spacial score (nSPS) is 14.9. The van der Waals surface area contributed by atoms with Crippen LogP contribution in [-0.4, -0.2) is 42.6 Å². The second-order valence-electron chi connectivity index (χ2n) is 7.55. The lowest BCUT2D eigenvalue weighted by molar-refractivity contribution is 0.253. The Hall–Kier alpha value is -2.65. The molecule has 0 bridgehead atoms. The third-order valence-electron chi connectivity index (χ3n) is 5.65. The number of piperazine rings is 1. The molecule has 0 unspecified atom stereocenters. The summed E-state index contributed by atoms with van der Waals surface area (Å²) in [6.45, 7) is 5.85. The number of nitrogens with zero attached hydrogens (tertiary/aromatic N) is 3. The molecule has 1 saturated heterocycles. The van der Waals surface area contributed by atoms with E-state index in [1.54, 1.807) is 0 Å². The highest BCUT2D eigenvalue weighted by Crippen LogP contribution is 2.20. The van der Waals surface area contributed by atoms with Crippen molar-refractivity contribution in [2.45, 2.75) is 19.3 Å². The monoisotopic (exact) mass is 371 g/mol. The van der Waals surface area contributed by atoms with E-state index in [1.807, 2.05) is 12.4 Å². The number of aryl methyl sites for hydroxylation is 1. The molecule has 2 heterocycles. The summed E-state index contributed by atoms with van der Waals surface area (Å²) in [5.41, 5.74) is 5.29. The topological polar surface area (TPSA) is 19.4 Å². The maximum absolute atomic E-state index is 4.09. The van der Waals surface area contributed by atoms with Crippen molar-refractivity contribution >= 4 is 5.69 Å². The van der Waals surface area contributed by atoms with Crippen molar-refractivity contribution in [1.82, 2.24) is 9.88 Å². The molecule has 3 nitrogen and oxygen atoms in total. The van der Waals surface area contributed by atoms with Gasteiger partial charge in [0.05, 0.1) is 0 Å². The lowest BCUT2D eigenvalue weighted by atomic mass is 10.0. The Morgan fingerprint density at radius 3 is 2.07 bits per heavy atom. The Balaban J connectivity index is 1.16. The zero-order valence-corrected chi connectivity index (χ0v) is 16.5. The SMILES string of the molecule is c1ccc(N2CCN(CCCCc3ccc(-c4ccncc4)cc3)CC2)cc1. The van der Waals surface area contributed by atoms with Gasteiger partial charge in [0.2, 0.25) is 0 Å². The van der Waals surface area contributed by atoms with Gasteiger partial charge in [-0.2, -0.15) is 0 Å². The fourth-order valence-electron chi connectivity index (χ4n) is 3.94. The van der Waals surface area contributed by atoms with Crippen LogP contribution >= 0.6 is 0 Å². The van der Waals surface area contributed by atoms with Crippen molar-refractivity contribution in [3.63, 3.8) is 0 Å². The third kappa shape index (κ3) is 4.99. The third-order valence-corrected chi connectivity index (χ3v) is 5.65. The first-order valence-corrected chi connectivity index (χ1v) is 10.4. The van der Waals surface area contributed by atoms with E-state index in [-0.39, 0.29) is 0 Å². The summed E-state index contributed by atoms with van der Waals surface area (Å²) >= 11 is 0. The highest BCUT2D eigenvalue weighted by molar-refractivity contribution is 5.62. The molecule has 3 aromatic rings. The van der Waals surface area contributed by atoms with Crippen LogP contribution in [0.25, 0.3) is 11.1 Å². The maximum Gasteiger partial charge on any atom is 0.0367 e. The minimum atomic E-state index is 1.14. The van der Waals surface area contributed by atoms with Crippen molar-refractivity contribution in [2.75, 3.05) is 37.6 Å². The predicted octanol–water partition coefficient (Wildman–Crippen LogP) is 4.89. The average molecular weight is 372 g/mol. The molecule has 1 aromatic heterocycles. The van der Waals surface area contributed by atoms with Crippen LogP contribution in [-0.2, 0) is 6.42 Å². The number of aromatic nitrogens is 1. The van der Waals surface area contributed by atoms with Crippen LogP contribution < -0.4 is 4.90 Å². The van der Waals surface area contributed by atoms with Gasteiger partial charge < -0.3 is 4.90 Å². The van der Waals surface area contributed by atoms with E-state index >= 15 is 0 Å². The summed E-state index contributed by atoms with van der Waals surface area (Å²) in [6, 6.07) is 23.9. The van der Waals surface area contributed by atoms with Crippen LogP contribution in [0.2, 0.25) is 0 Å². The molecular weight excluding hydrogens is 342 g/mol. The van der Waals surface area contributed by atoms with Crippen LogP contribution in [0.4, 0.5) is 5.69 Å². The first-order valence-electron chi connectivity index (χ1n) is 10.4. The van der Waals surface area contributed by atoms with E-state index in [1.165, 1.54) is 61.3 Å². The molecule has 0 radical (unpaired) electrons. The molecule has 28 heavy (non-hydrogen) atoms. The molecule has 3 heteroatoms. The van der Waals surface area contributed by atoms with Gasteiger partial charge in [0.15, 0.2) is 0 Å². The fourth-order valence-corrected chi connectivity index (χ4v) is 3.94. The van der Waals surface area contributed by atoms with Gasteiger partial charge in [0, 0.05) is 44.3 Å². The molecule has 1 fully saturated rings. The number of unbranched alkanes of at least 4 members (excludes halogenated alkanes) is 1. The van der Waals surface area contributed by atoms with Crippen molar-refractivity contribution < 1.29 is 0 Å². The zero-order valence-electron chi connectivity index (χ0n) is 16.5. The largest absolute Gasteiger partial charge is 0.369 e. The summed E-state index contributed by atoms with van der Waals surface area (Å²) in [6.07, 6.45) is 7.40. The number of para-hydroxylation sites is 1.